The van der Waals surface area contributed by atoms with Crippen molar-refractivity contribution in [3.63, 3.8) is 0 Å². The zero-order valence-corrected chi connectivity index (χ0v) is 21.4. The lowest BCUT2D eigenvalue weighted by atomic mass is 9.88. The van der Waals surface area contributed by atoms with Crippen molar-refractivity contribution in [3.8, 4) is 17.2 Å². The Hall–Kier alpha value is -4.52. The Bertz CT molecular complexity index is 1390. The SMILES string of the molecule is COc1cc([C@@H](CC(=O)NCCC(c2ccccc2)c2ccccc2)c2oc(C)cc(=O)c2O)ccc1O. The second-order valence-corrected chi connectivity index (χ2v) is 9.13. The lowest BCUT2D eigenvalue weighted by Gasteiger charge is -2.20. The van der Waals surface area contributed by atoms with Gasteiger partial charge in [-0.05, 0) is 42.2 Å². The highest BCUT2D eigenvalue weighted by molar-refractivity contribution is 5.77. The maximum Gasteiger partial charge on any atom is 0.227 e. The summed E-state index contributed by atoms with van der Waals surface area (Å²) in [4.78, 5) is 25.5. The van der Waals surface area contributed by atoms with Gasteiger partial charge in [0.1, 0.15) is 5.76 Å². The van der Waals surface area contributed by atoms with Gasteiger partial charge in [-0.15, -0.1) is 0 Å². The van der Waals surface area contributed by atoms with Crippen LogP contribution in [0.5, 0.6) is 17.2 Å². The largest absolute Gasteiger partial charge is 0.504 e. The predicted molar refractivity (Wildman–Crippen MR) is 145 cm³/mol. The molecule has 0 aliphatic heterocycles. The molecule has 0 saturated carbocycles. The summed E-state index contributed by atoms with van der Waals surface area (Å²) in [5, 5.41) is 23.6. The fraction of sp³-hybridized carbons (Fsp3) is 0.226. The minimum absolute atomic E-state index is 0.00987. The molecule has 3 aromatic carbocycles. The van der Waals surface area contributed by atoms with Gasteiger partial charge in [0, 0.05) is 24.9 Å². The Morgan fingerprint density at radius 2 is 1.53 bits per heavy atom. The monoisotopic (exact) mass is 513 g/mol. The van der Waals surface area contributed by atoms with Crippen molar-refractivity contribution in [2.75, 3.05) is 13.7 Å². The number of hydrogen-bond donors (Lipinski definition) is 3. The molecule has 1 amide bonds. The average molecular weight is 514 g/mol. The van der Waals surface area contributed by atoms with Crippen LogP contribution >= 0.6 is 0 Å². The van der Waals surface area contributed by atoms with Gasteiger partial charge in [0.2, 0.25) is 17.1 Å². The summed E-state index contributed by atoms with van der Waals surface area (Å²) in [5.41, 5.74) is 2.28. The molecule has 0 aliphatic carbocycles. The Morgan fingerprint density at radius 1 is 0.895 bits per heavy atom. The molecule has 1 heterocycles. The Balaban J connectivity index is 1.55. The van der Waals surface area contributed by atoms with E-state index in [0.29, 0.717) is 24.3 Å². The summed E-state index contributed by atoms with van der Waals surface area (Å²) in [6.45, 7) is 2.02. The molecule has 4 aromatic rings. The number of nitrogens with one attached hydrogen (secondary N) is 1. The molecule has 0 radical (unpaired) electrons. The molecule has 196 valence electrons. The van der Waals surface area contributed by atoms with Crippen molar-refractivity contribution in [3.05, 3.63) is 123 Å². The van der Waals surface area contributed by atoms with Crippen LogP contribution in [0.2, 0.25) is 0 Å². The number of carbonyl (C=O) groups excluding carboxylic acids is 1. The fourth-order valence-electron chi connectivity index (χ4n) is 4.64. The second-order valence-electron chi connectivity index (χ2n) is 9.13. The molecule has 0 saturated heterocycles. The van der Waals surface area contributed by atoms with Crippen LogP contribution in [-0.2, 0) is 4.79 Å². The summed E-state index contributed by atoms with van der Waals surface area (Å²) >= 11 is 0. The topological polar surface area (TPSA) is 109 Å². The van der Waals surface area contributed by atoms with Gasteiger partial charge in [-0.1, -0.05) is 66.7 Å². The third-order valence-electron chi connectivity index (χ3n) is 6.54. The third-order valence-corrected chi connectivity index (χ3v) is 6.54. The molecule has 7 heteroatoms. The van der Waals surface area contributed by atoms with E-state index < -0.39 is 17.1 Å². The van der Waals surface area contributed by atoms with Crippen molar-refractivity contribution in [2.24, 2.45) is 0 Å². The number of aromatic hydroxyl groups is 2. The van der Waals surface area contributed by atoms with E-state index in [9.17, 15) is 19.8 Å². The Kier molecular flexibility index (Phi) is 8.48. The van der Waals surface area contributed by atoms with Crippen LogP contribution in [0.25, 0.3) is 0 Å². The molecule has 0 spiro atoms. The molecule has 0 fully saturated rings. The van der Waals surface area contributed by atoms with Crippen molar-refractivity contribution >= 4 is 5.91 Å². The van der Waals surface area contributed by atoms with Gasteiger partial charge in [-0.25, -0.2) is 0 Å². The molecule has 4 rings (SSSR count). The highest BCUT2D eigenvalue weighted by Crippen LogP contribution is 2.37. The van der Waals surface area contributed by atoms with Gasteiger partial charge < -0.3 is 24.7 Å². The predicted octanol–water partition coefficient (Wildman–Crippen LogP) is 5.23. The molecule has 0 bridgehead atoms. The number of phenolic OH excluding ortho intramolecular Hbond substituents is 1. The van der Waals surface area contributed by atoms with Crippen LogP contribution in [-0.4, -0.2) is 29.8 Å². The number of aryl methyl sites for hydroxylation is 1. The maximum atomic E-state index is 13.2. The number of rotatable bonds is 10. The summed E-state index contributed by atoms with van der Waals surface area (Å²) in [6.07, 6.45) is 0.595. The zero-order chi connectivity index (χ0) is 27.1. The lowest BCUT2D eigenvalue weighted by Crippen LogP contribution is -2.28. The van der Waals surface area contributed by atoms with Crippen LogP contribution < -0.4 is 15.5 Å². The maximum absolute atomic E-state index is 13.2. The standard InChI is InChI=1S/C31H31NO6/c1-20-17-27(34)30(36)31(38-20)25(23-13-14-26(33)28(18-23)37-2)19-29(35)32-16-15-24(21-9-5-3-6-10-21)22-11-7-4-8-12-22/h3-14,17-18,24-25,33,36H,15-16,19H2,1-2H3,(H,32,35)/t25-/m1/s1. The van der Waals surface area contributed by atoms with Gasteiger partial charge >= 0.3 is 0 Å². The Morgan fingerprint density at radius 3 is 2.13 bits per heavy atom. The number of benzene rings is 3. The molecule has 1 atom stereocenters. The van der Waals surface area contributed by atoms with Gasteiger partial charge in [-0.2, -0.15) is 0 Å². The van der Waals surface area contributed by atoms with Crippen molar-refractivity contribution in [1.29, 1.82) is 0 Å². The zero-order valence-electron chi connectivity index (χ0n) is 21.4. The average Bonchev–Trinajstić information content (AvgIpc) is 2.93. The van der Waals surface area contributed by atoms with Crippen LogP contribution in [0.1, 0.15) is 52.9 Å². The number of phenols is 1. The molecule has 7 nitrogen and oxygen atoms in total. The van der Waals surface area contributed by atoms with Crippen LogP contribution in [0.3, 0.4) is 0 Å². The van der Waals surface area contributed by atoms with E-state index in [1.54, 1.807) is 19.1 Å². The number of carbonyl (C=O) groups is 1. The van der Waals surface area contributed by atoms with Crippen LogP contribution in [0.4, 0.5) is 0 Å². The first-order valence-corrected chi connectivity index (χ1v) is 12.4. The minimum Gasteiger partial charge on any atom is -0.504 e. The minimum atomic E-state index is -0.781. The summed E-state index contributed by atoms with van der Waals surface area (Å²) in [7, 11) is 1.42. The first-order chi connectivity index (χ1) is 18.4. The summed E-state index contributed by atoms with van der Waals surface area (Å²) < 4.78 is 11.0. The Labute approximate surface area is 221 Å². The quantitative estimate of drug-likeness (QED) is 0.268. The molecular formula is C31H31NO6. The first kappa shape index (κ1) is 26.5. The lowest BCUT2D eigenvalue weighted by molar-refractivity contribution is -0.121. The van der Waals surface area contributed by atoms with Crippen molar-refractivity contribution in [1.82, 2.24) is 5.32 Å². The molecule has 0 unspecified atom stereocenters. The van der Waals surface area contributed by atoms with Crippen LogP contribution in [0.15, 0.2) is 94.1 Å². The molecule has 38 heavy (non-hydrogen) atoms. The number of methoxy groups -OCH3 is 1. The second kappa shape index (κ2) is 12.1. The molecular weight excluding hydrogens is 482 g/mol. The van der Waals surface area contributed by atoms with E-state index in [0.717, 1.165) is 11.1 Å². The number of amides is 1. The smallest absolute Gasteiger partial charge is 0.227 e. The number of ether oxygens (including phenoxy) is 1. The van der Waals surface area contributed by atoms with Crippen molar-refractivity contribution < 1.29 is 24.2 Å². The first-order valence-electron chi connectivity index (χ1n) is 12.4. The van der Waals surface area contributed by atoms with Gasteiger partial charge in [-0.3, -0.25) is 9.59 Å². The van der Waals surface area contributed by atoms with E-state index in [2.05, 4.69) is 29.6 Å². The highest BCUT2D eigenvalue weighted by Gasteiger charge is 2.27. The molecule has 3 N–H and O–H groups in total. The number of hydrogen-bond acceptors (Lipinski definition) is 6. The van der Waals surface area contributed by atoms with E-state index in [1.807, 2.05) is 36.4 Å². The summed E-state index contributed by atoms with van der Waals surface area (Å²) in [5.74, 6) is -1.06. The van der Waals surface area contributed by atoms with Gasteiger partial charge in [0.25, 0.3) is 0 Å². The van der Waals surface area contributed by atoms with E-state index >= 15 is 0 Å². The van der Waals surface area contributed by atoms with Crippen molar-refractivity contribution in [2.45, 2.75) is 31.6 Å². The van der Waals surface area contributed by atoms with Crippen LogP contribution in [0, 0.1) is 6.92 Å². The van der Waals surface area contributed by atoms with E-state index in [-0.39, 0.29) is 35.5 Å². The normalized spacial score (nSPS) is 11.8. The highest BCUT2D eigenvalue weighted by atomic mass is 16.5. The van der Waals surface area contributed by atoms with E-state index in [4.69, 9.17) is 9.15 Å². The van der Waals surface area contributed by atoms with Gasteiger partial charge in [0.15, 0.2) is 17.3 Å². The summed E-state index contributed by atoms with van der Waals surface area (Å²) in [6, 6.07) is 26.1. The van der Waals surface area contributed by atoms with E-state index in [1.165, 1.54) is 19.2 Å². The van der Waals surface area contributed by atoms with Gasteiger partial charge in [0.05, 0.1) is 13.0 Å². The molecule has 0 aliphatic rings. The fourth-order valence-corrected chi connectivity index (χ4v) is 4.64. The molecule has 1 aromatic heterocycles. The third kappa shape index (κ3) is 6.24.